The average molecular weight is 349 g/mol. The lowest BCUT2D eigenvalue weighted by molar-refractivity contribution is 0.0955. The third kappa shape index (κ3) is 4.56. The topological polar surface area (TPSA) is 50.7 Å². The van der Waals surface area contributed by atoms with E-state index in [0.29, 0.717) is 16.0 Å². The molecule has 1 fully saturated rings. The Balaban J connectivity index is 1.53. The number of hydrogen-bond donors (Lipinski definition) is 1. The van der Waals surface area contributed by atoms with E-state index < -0.39 is 0 Å². The van der Waals surface area contributed by atoms with Crippen molar-refractivity contribution in [3.8, 4) is 5.75 Å². The third-order valence-corrected chi connectivity index (χ3v) is 4.84. The Hall–Kier alpha value is -1.85. The van der Waals surface area contributed by atoms with Gasteiger partial charge in [-0.15, -0.1) is 11.3 Å². The molecule has 1 N–H and O–H groups in total. The molecule has 3 rings (SSSR count). The second-order valence-electron chi connectivity index (χ2n) is 5.39. The van der Waals surface area contributed by atoms with Gasteiger partial charge in [0.25, 0.3) is 5.91 Å². The molecule has 0 atom stereocenters. The molecule has 0 saturated heterocycles. The molecule has 0 unspecified atom stereocenters. The van der Waals surface area contributed by atoms with Gasteiger partial charge >= 0.3 is 0 Å². The second-order valence-corrected chi connectivity index (χ2v) is 7.14. The summed E-state index contributed by atoms with van der Waals surface area (Å²) in [5.74, 6) is 0.557. The van der Waals surface area contributed by atoms with Crippen molar-refractivity contribution >= 4 is 35.1 Å². The maximum absolute atomic E-state index is 12.0. The molecular weight excluding hydrogens is 332 g/mol. The monoisotopic (exact) mass is 348 g/mol. The first-order valence-electron chi connectivity index (χ1n) is 7.56. The summed E-state index contributed by atoms with van der Waals surface area (Å²) in [7, 11) is 0. The maximum atomic E-state index is 12.0. The maximum Gasteiger partial charge on any atom is 0.271 e. The first kappa shape index (κ1) is 16.0. The molecule has 1 aromatic carbocycles. The van der Waals surface area contributed by atoms with E-state index in [1.807, 2.05) is 18.2 Å². The lowest BCUT2D eigenvalue weighted by atomic mass is 10.2. The molecule has 1 saturated carbocycles. The molecule has 0 bridgehead atoms. The van der Waals surface area contributed by atoms with E-state index in [2.05, 4.69) is 10.5 Å². The molecule has 0 aliphatic heterocycles. The zero-order chi connectivity index (χ0) is 16.1. The van der Waals surface area contributed by atoms with Crippen LogP contribution in [0.25, 0.3) is 0 Å². The van der Waals surface area contributed by atoms with Crippen molar-refractivity contribution in [2.75, 3.05) is 0 Å². The summed E-state index contributed by atoms with van der Waals surface area (Å²) in [6.07, 6.45) is 6.59. The SMILES string of the molecule is O=C(N/N=C\c1ccc(Cl)s1)c1ccc(OC2CCCC2)cc1. The summed E-state index contributed by atoms with van der Waals surface area (Å²) in [6, 6.07) is 10.8. The number of hydrogen-bond acceptors (Lipinski definition) is 4. The fraction of sp³-hybridized carbons (Fsp3) is 0.294. The third-order valence-electron chi connectivity index (χ3n) is 3.67. The van der Waals surface area contributed by atoms with Gasteiger partial charge in [0.1, 0.15) is 5.75 Å². The van der Waals surface area contributed by atoms with Crippen molar-refractivity contribution in [2.45, 2.75) is 31.8 Å². The Bertz CT molecular complexity index is 691. The van der Waals surface area contributed by atoms with Gasteiger partial charge in [-0.3, -0.25) is 4.79 Å². The molecule has 1 aromatic heterocycles. The van der Waals surface area contributed by atoms with E-state index in [0.717, 1.165) is 23.5 Å². The van der Waals surface area contributed by atoms with E-state index in [1.54, 1.807) is 24.4 Å². The molecule has 1 amide bonds. The van der Waals surface area contributed by atoms with E-state index in [4.69, 9.17) is 16.3 Å². The molecular formula is C17H17ClN2O2S. The number of nitrogens with one attached hydrogen (secondary N) is 1. The fourth-order valence-electron chi connectivity index (χ4n) is 2.50. The van der Waals surface area contributed by atoms with Crippen LogP contribution in [-0.4, -0.2) is 18.2 Å². The fourth-order valence-corrected chi connectivity index (χ4v) is 3.43. The Kier molecular flexibility index (Phi) is 5.31. The highest BCUT2D eigenvalue weighted by Gasteiger charge is 2.16. The minimum absolute atomic E-state index is 0.253. The Morgan fingerprint density at radius 3 is 2.61 bits per heavy atom. The van der Waals surface area contributed by atoms with E-state index in [1.165, 1.54) is 24.2 Å². The van der Waals surface area contributed by atoms with Crippen molar-refractivity contribution in [1.82, 2.24) is 5.43 Å². The quantitative estimate of drug-likeness (QED) is 0.639. The lowest BCUT2D eigenvalue weighted by Gasteiger charge is -2.12. The molecule has 1 aliphatic carbocycles. The van der Waals surface area contributed by atoms with E-state index in [-0.39, 0.29) is 5.91 Å². The summed E-state index contributed by atoms with van der Waals surface area (Å²) in [5, 5.41) is 3.93. The molecule has 2 aromatic rings. The van der Waals surface area contributed by atoms with Gasteiger partial charge in [-0.1, -0.05) is 11.6 Å². The summed E-state index contributed by atoms with van der Waals surface area (Å²) < 4.78 is 6.57. The lowest BCUT2D eigenvalue weighted by Crippen LogP contribution is -2.17. The number of benzene rings is 1. The summed E-state index contributed by atoms with van der Waals surface area (Å²) >= 11 is 7.23. The van der Waals surface area contributed by atoms with Crippen molar-refractivity contribution in [1.29, 1.82) is 0 Å². The van der Waals surface area contributed by atoms with Crippen LogP contribution in [0.5, 0.6) is 5.75 Å². The molecule has 1 aliphatic rings. The van der Waals surface area contributed by atoms with Gasteiger partial charge in [0.15, 0.2) is 0 Å². The number of carbonyl (C=O) groups excluding carboxylic acids is 1. The number of ether oxygens (including phenoxy) is 1. The van der Waals surface area contributed by atoms with Crippen molar-refractivity contribution in [2.24, 2.45) is 5.10 Å². The van der Waals surface area contributed by atoms with Gasteiger partial charge in [-0.2, -0.15) is 5.10 Å². The van der Waals surface area contributed by atoms with Crippen LogP contribution in [0.3, 0.4) is 0 Å². The van der Waals surface area contributed by atoms with Gasteiger partial charge < -0.3 is 4.74 Å². The number of amides is 1. The van der Waals surface area contributed by atoms with Gasteiger partial charge in [0.2, 0.25) is 0 Å². The molecule has 120 valence electrons. The zero-order valence-corrected chi connectivity index (χ0v) is 14.1. The van der Waals surface area contributed by atoms with Gasteiger partial charge in [-0.05, 0) is 62.1 Å². The number of rotatable bonds is 5. The van der Waals surface area contributed by atoms with E-state index in [9.17, 15) is 4.79 Å². The molecule has 0 spiro atoms. The second kappa shape index (κ2) is 7.62. The number of thiophene rings is 1. The summed E-state index contributed by atoms with van der Waals surface area (Å²) in [4.78, 5) is 12.9. The Morgan fingerprint density at radius 1 is 1.22 bits per heavy atom. The molecule has 23 heavy (non-hydrogen) atoms. The predicted molar refractivity (Wildman–Crippen MR) is 93.7 cm³/mol. The van der Waals surface area contributed by atoms with E-state index >= 15 is 0 Å². The van der Waals surface area contributed by atoms with Crippen molar-refractivity contribution < 1.29 is 9.53 Å². The normalized spacial score (nSPS) is 15.2. The predicted octanol–water partition coefficient (Wildman–Crippen LogP) is 4.49. The number of halogens is 1. The summed E-state index contributed by atoms with van der Waals surface area (Å²) in [6.45, 7) is 0. The zero-order valence-electron chi connectivity index (χ0n) is 12.5. The van der Waals surface area contributed by atoms with Crippen LogP contribution in [-0.2, 0) is 0 Å². The first-order valence-corrected chi connectivity index (χ1v) is 8.75. The first-order chi connectivity index (χ1) is 11.2. The molecule has 6 heteroatoms. The molecule has 1 heterocycles. The van der Waals surface area contributed by atoms with Gasteiger partial charge in [-0.25, -0.2) is 5.43 Å². The average Bonchev–Trinajstić information content (AvgIpc) is 3.20. The van der Waals surface area contributed by atoms with Gasteiger partial charge in [0, 0.05) is 10.4 Å². The summed E-state index contributed by atoms with van der Waals surface area (Å²) in [5.41, 5.74) is 3.05. The standard InChI is InChI=1S/C17H17ClN2O2S/c18-16-10-9-15(23-16)11-19-20-17(21)12-5-7-14(8-6-12)22-13-3-1-2-4-13/h5-11,13H,1-4H2,(H,20,21)/b19-11-. The van der Waals surface area contributed by atoms with Crippen molar-refractivity contribution in [3.63, 3.8) is 0 Å². The minimum atomic E-state index is -0.253. The van der Waals surface area contributed by atoms with Crippen LogP contribution >= 0.6 is 22.9 Å². The van der Waals surface area contributed by atoms with Crippen LogP contribution in [0.15, 0.2) is 41.5 Å². The van der Waals surface area contributed by atoms with Crippen LogP contribution in [0.2, 0.25) is 4.34 Å². The van der Waals surface area contributed by atoms with Gasteiger partial charge in [0.05, 0.1) is 16.7 Å². The molecule has 4 nitrogen and oxygen atoms in total. The van der Waals surface area contributed by atoms with Crippen LogP contribution < -0.4 is 10.2 Å². The highest BCUT2D eigenvalue weighted by atomic mass is 35.5. The Labute approximate surface area is 144 Å². The highest BCUT2D eigenvalue weighted by Crippen LogP contribution is 2.24. The number of carbonyl (C=O) groups is 1. The minimum Gasteiger partial charge on any atom is -0.490 e. The Morgan fingerprint density at radius 2 is 1.96 bits per heavy atom. The molecule has 0 radical (unpaired) electrons. The van der Waals surface area contributed by atoms with Crippen LogP contribution in [0.4, 0.5) is 0 Å². The highest BCUT2D eigenvalue weighted by molar-refractivity contribution is 7.17. The van der Waals surface area contributed by atoms with Crippen LogP contribution in [0, 0.1) is 0 Å². The van der Waals surface area contributed by atoms with Crippen molar-refractivity contribution in [3.05, 3.63) is 51.2 Å². The largest absolute Gasteiger partial charge is 0.490 e. The number of hydrazone groups is 1. The smallest absolute Gasteiger partial charge is 0.271 e. The van der Waals surface area contributed by atoms with Crippen LogP contribution in [0.1, 0.15) is 40.9 Å². The number of nitrogens with zero attached hydrogens (tertiary/aromatic N) is 1.